The lowest BCUT2D eigenvalue weighted by Gasteiger charge is -2.36. The monoisotopic (exact) mass is 279 g/mol. The van der Waals surface area contributed by atoms with Gasteiger partial charge in [-0.2, -0.15) is 0 Å². The van der Waals surface area contributed by atoms with E-state index in [9.17, 15) is 15.2 Å². The highest BCUT2D eigenvalue weighted by molar-refractivity contribution is 5.55. The highest BCUT2D eigenvalue weighted by Gasteiger charge is 2.19. The Balaban J connectivity index is 2.00. The molecular formula is C14H21N3O3. The van der Waals surface area contributed by atoms with Crippen molar-refractivity contribution in [1.29, 1.82) is 0 Å². The lowest BCUT2D eigenvalue weighted by molar-refractivity contribution is -0.385. The number of hydrogen-bond donors (Lipinski definition) is 1. The number of aryl methyl sites for hydroxylation is 1. The molecule has 1 aromatic rings. The molecule has 1 fully saturated rings. The quantitative estimate of drug-likeness (QED) is 0.666. The zero-order valence-electron chi connectivity index (χ0n) is 12.0. The van der Waals surface area contributed by atoms with Crippen LogP contribution in [-0.2, 0) is 0 Å². The Morgan fingerprint density at radius 1 is 1.35 bits per heavy atom. The van der Waals surface area contributed by atoms with E-state index in [0.29, 0.717) is 12.1 Å². The van der Waals surface area contributed by atoms with Gasteiger partial charge in [0.15, 0.2) is 0 Å². The maximum atomic E-state index is 10.8. The average molecular weight is 279 g/mol. The van der Waals surface area contributed by atoms with Gasteiger partial charge in [-0.1, -0.05) is 0 Å². The van der Waals surface area contributed by atoms with Crippen LogP contribution < -0.4 is 4.90 Å². The van der Waals surface area contributed by atoms with E-state index in [1.807, 2.05) is 12.1 Å². The zero-order chi connectivity index (χ0) is 14.7. The van der Waals surface area contributed by atoms with E-state index in [4.69, 9.17) is 0 Å². The van der Waals surface area contributed by atoms with Crippen molar-refractivity contribution in [3.8, 4) is 0 Å². The SMILES string of the molecule is Cc1cc(N2CCN(C[C@@H](C)O)CC2)ccc1[N+](=O)[O-]. The van der Waals surface area contributed by atoms with Crippen LogP contribution in [0.2, 0.25) is 0 Å². The minimum atomic E-state index is -0.348. The first-order chi connectivity index (χ1) is 9.47. The van der Waals surface area contributed by atoms with E-state index in [0.717, 1.165) is 31.9 Å². The molecule has 20 heavy (non-hydrogen) atoms. The number of nitro groups is 1. The van der Waals surface area contributed by atoms with Gasteiger partial charge in [-0.15, -0.1) is 0 Å². The molecule has 0 spiro atoms. The van der Waals surface area contributed by atoms with E-state index >= 15 is 0 Å². The van der Waals surface area contributed by atoms with Crippen molar-refractivity contribution in [3.63, 3.8) is 0 Å². The summed E-state index contributed by atoms with van der Waals surface area (Å²) >= 11 is 0. The third kappa shape index (κ3) is 3.46. The van der Waals surface area contributed by atoms with Crippen molar-refractivity contribution in [2.45, 2.75) is 20.0 Å². The summed E-state index contributed by atoms with van der Waals surface area (Å²) < 4.78 is 0. The Bertz CT molecular complexity index is 483. The molecule has 6 heteroatoms. The van der Waals surface area contributed by atoms with Crippen LogP contribution in [0.5, 0.6) is 0 Å². The molecule has 1 aromatic carbocycles. The fourth-order valence-electron chi connectivity index (χ4n) is 2.60. The molecule has 1 aliphatic heterocycles. The summed E-state index contributed by atoms with van der Waals surface area (Å²) in [5.74, 6) is 0. The second-order valence-electron chi connectivity index (χ2n) is 5.36. The highest BCUT2D eigenvalue weighted by atomic mass is 16.6. The van der Waals surface area contributed by atoms with Crippen molar-refractivity contribution in [1.82, 2.24) is 4.90 Å². The van der Waals surface area contributed by atoms with Crippen molar-refractivity contribution in [2.24, 2.45) is 0 Å². The lowest BCUT2D eigenvalue weighted by atomic mass is 10.1. The lowest BCUT2D eigenvalue weighted by Crippen LogP contribution is -2.48. The Hall–Kier alpha value is -1.66. The minimum Gasteiger partial charge on any atom is -0.392 e. The van der Waals surface area contributed by atoms with Crippen LogP contribution in [0.25, 0.3) is 0 Å². The molecule has 1 atom stereocenters. The molecule has 1 aliphatic rings. The predicted octanol–water partition coefficient (Wildman–Crippen LogP) is 1.41. The maximum Gasteiger partial charge on any atom is 0.272 e. The Morgan fingerprint density at radius 2 is 2.00 bits per heavy atom. The summed E-state index contributed by atoms with van der Waals surface area (Å²) in [7, 11) is 0. The summed E-state index contributed by atoms with van der Waals surface area (Å²) in [6, 6.07) is 5.27. The molecule has 0 amide bonds. The molecule has 1 heterocycles. The molecule has 110 valence electrons. The van der Waals surface area contributed by atoms with E-state index < -0.39 is 0 Å². The minimum absolute atomic E-state index is 0.168. The molecule has 0 radical (unpaired) electrons. The summed E-state index contributed by atoms with van der Waals surface area (Å²) in [5, 5.41) is 20.2. The fraction of sp³-hybridized carbons (Fsp3) is 0.571. The van der Waals surface area contributed by atoms with Crippen LogP contribution in [-0.4, -0.2) is 53.8 Å². The van der Waals surface area contributed by atoms with Gasteiger partial charge in [-0.05, 0) is 26.0 Å². The van der Waals surface area contributed by atoms with Gasteiger partial charge in [0.2, 0.25) is 0 Å². The van der Waals surface area contributed by atoms with Gasteiger partial charge >= 0.3 is 0 Å². The van der Waals surface area contributed by atoms with Crippen LogP contribution in [0.4, 0.5) is 11.4 Å². The smallest absolute Gasteiger partial charge is 0.272 e. The summed E-state index contributed by atoms with van der Waals surface area (Å²) in [4.78, 5) is 14.9. The van der Waals surface area contributed by atoms with E-state index in [-0.39, 0.29) is 16.7 Å². The van der Waals surface area contributed by atoms with E-state index in [1.165, 1.54) is 0 Å². The van der Waals surface area contributed by atoms with E-state index in [1.54, 1.807) is 19.9 Å². The second-order valence-corrected chi connectivity index (χ2v) is 5.36. The molecule has 6 nitrogen and oxygen atoms in total. The van der Waals surface area contributed by atoms with Gasteiger partial charge in [0, 0.05) is 50.0 Å². The van der Waals surface area contributed by atoms with Crippen LogP contribution >= 0.6 is 0 Å². The standard InChI is InChI=1S/C14H21N3O3/c1-11-9-13(3-4-14(11)17(19)20)16-7-5-15(6-8-16)10-12(2)18/h3-4,9,12,18H,5-8,10H2,1-2H3/t12-/m1/s1. The van der Waals surface area contributed by atoms with Crippen LogP contribution in [0.1, 0.15) is 12.5 Å². The third-order valence-electron chi connectivity index (χ3n) is 3.64. The Labute approximate surface area is 118 Å². The number of rotatable bonds is 4. The normalized spacial score (nSPS) is 18.1. The third-order valence-corrected chi connectivity index (χ3v) is 3.64. The number of nitro benzene ring substituents is 1. The summed E-state index contributed by atoms with van der Waals surface area (Å²) in [6.07, 6.45) is -0.303. The number of aliphatic hydroxyl groups excluding tert-OH is 1. The second kappa shape index (κ2) is 6.19. The number of aliphatic hydroxyl groups is 1. The van der Waals surface area contributed by atoms with Crippen molar-refractivity contribution in [3.05, 3.63) is 33.9 Å². The summed E-state index contributed by atoms with van der Waals surface area (Å²) in [6.45, 7) is 7.83. The number of anilines is 1. The van der Waals surface area contributed by atoms with Gasteiger partial charge in [0.05, 0.1) is 11.0 Å². The van der Waals surface area contributed by atoms with Gasteiger partial charge < -0.3 is 10.0 Å². The Morgan fingerprint density at radius 3 is 2.50 bits per heavy atom. The molecule has 0 bridgehead atoms. The molecule has 0 aliphatic carbocycles. The van der Waals surface area contributed by atoms with E-state index in [2.05, 4.69) is 9.80 Å². The number of piperazine rings is 1. The van der Waals surface area contributed by atoms with Crippen molar-refractivity contribution in [2.75, 3.05) is 37.6 Å². The predicted molar refractivity (Wildman–Crippen MR) is 78.2 cm³/mol. The first-order valence-corrected chi connectivity index (χ1v) is 6.88. The maximum absolute atomic E-state index is 10.8. The van der Waals surface area contributed by atoms with Crippen LogP contribution in [0.3, 0.4) is 0 Å². The zero-order valence-corrected chi connectivity index (χ0v) is 12.0. The molecule has 0 unspecified atom stereocenters. The summed E-state index contributed by atoms with van der Waals surface area (Å²) in [5.41, 5.74) is 1.89. The Kier molecular flexibility index (Phi) is 4.57. The first kappa shape index (κ1) is 14.7. The van der Waals surface area contributed by atoms with Gasteiger partial charge in [0.25, 0.3) is 5.69 Å². The largest absolute Gasteiger partial charge is 0.392 e. The topological polar surface area (TPSA) is 69.8 Å². The average Bonchev–Trinajstić information content (AvgIpc) is 2.38. The van der Waals surface area contributed by atoms with Gasteiger partial charge in [0.1, 0.15) is 0 Å². The van der Waals surface area contributed by atoms with Crippen LogP contribution in [0.15, 0.2) is 18.2 Å². The highest BCUT2D eigenvalue weighted by Crippen LogP contribution is 2.25. The van der Waals surface area contributed by atoms with Gasteiger partial charge in [-0.25, -0.2) is 0 Å². The molecule has 1 saturated heterocycles. The number of nitrogens with zero attached hydrogens (tertiary/aromatic N) is 3. The molecular weight excluding hydrogens is 258 g/mol. The van der Waals surface area contributed by atoms with Crippen molar-refractivity contribution >= 4 is 11.4 Å². The van der Waals surface area contributed by atoms with Crippen molar-refractivity contribution < 1.29 is 10.0 Å². The fourth-order valence-corrected chi connectivity index (χ4v) is 2.60. The molecule has 2 rings (SSSR count). The number of benzene rings is 1. The number of β-amino-alcohol motifs (C(OH)–C–C–N with tert-alkyl or cyclic N) is 1. The number of hydrogen-bond acceptors (Lipinski definition) is 5. The molecule has 1 N–H and O–H groups in total. The first-order valence-electron chi connectivity index (χ1n) is 6.88. The van der Waals surface area contributed by atoms with Gasteiger partial charge in [-0.3, -0.25) is 15.0 Å². The molecule has 0 saturated carbocycles. The molecule has 0 aromatic heterocycles. The van der Waals surface area contributed by atoms with Crippen LogP contribution in [0, 0.1) is 17.0 Å².